The van der Waals surface area contributed by atoms with Gasteiger partial charge in [0.05, 0.1) is 0 Å². The third-order valence-electron chi connectivity index (χ3n) is 2.20. The summed E-state index contributed by atoms with van der Waals surface area (Å²) in [6.45, 7) is 0. The maximum absolute atomic E-state index is 3.21. The van der Waals surface area contributed by atoms with Gasteiger partial charge in [-0.1, -0.05) is 12.1 Å². The topological polar surface area (TPSA) is 12.0 Å². The zero-order valence-electron chi connectivity index (χ0n) is 5.96. The van der Waals surface area contributed by atoms with E-state index in [9.17, 15) is 0 Å². The van der Waals surface area contributed by atoms with E-state index in [1.165, 1.54) is 21.7 Å². The molecule has 0 saturated heterocycles. The van der Waals surface area contributed by atoms with E-state index in [0.29, 0.717) is 0 Å². The Labute approximate surface area is 64.4 Å². The summed E-state index contributed by atoms with van der Waals surface area (Å²) in [7, 11) is 0. The first-order valence-electron chi connectivity index (χ1n) is 3.73. The van der Waals surface area contributed by atoms with E-state index in [2.05, 4.69) is 35.7 Å². The molecule has 1 nitrogen and oxygen atoms in total. The van der Waals surface area contributed by atoms with E-state index in [0.717, 1.165) is 0 Å². The molecule has 0 aromatic heterocycles. The minimum absolute atomic E-state index is 1.24. The highest BCUT2D eigenvalue weighted by molar-refractivity contribution is 5.92. The summed E-state index contributed by atoms with van der Waals surface area (Å²) in [4.78, 5) is 0. The Kier molecular flexibility index (Phi) is 0.737. The molecule has 0 fully saturated rings. The lowest BCUT2D eigenvalue weighted by molar-refractivity contribution is 1.40. The predicted octanol–water partition coefficient (Wildman–Crippen LogP) is 0.571. The van der Waals surface area contributed by atoms with Gasteiger partial charge in [0.15, 0.2) is 0 Å². The van der Waals surface area contributed by atoms with Crippen LogP contribution >= 0.6 is 0 Å². The summed E-state index contributed by atoms with van der Waals surface area (Å²) < 4.78 is 0. The van der Waals surface area contributed by atoms with Crippen LogP contribution in [0.5, 0.6) is 0 Å². The Morgan fingerprint density at radius 1 is 1.18 bits per heavy atom. The summed E-state index contributed by atoms with van der Waals surface area (Å²) in [5.41, 5.74) is 2.59. The number of anilines is 1. The van der Waals surface area contributed by atoms with Gasteiger partial charge in [-0.15, -0.1) is 0 Å². The molecular formula is C10H7N. The second-order valence-corrected chi connectivity index (χ2v) is 2.85. The van der Waals surface area contributed by atoms with E-state index in [4.69, 9.17) is 0 Å². The van der Waals surface area contributed by atoms with Crippen LogP contribution in [0.3, 0.4) is 0 Å². The van der Waals surface area contributed by atoms with Gasteiger partial charge in [0.1, 0.15) is 0 Å². The van der Waals surface area contributed by atoms with Crippen molar-refractivity contribution in [2.24, 2.45) is 0 Å². The van der Waals surface area contributed by atoms with Crippen LogP contribution in [0.15, 0.2) is 30.5 Å². The largest absolute Gasteiger partial charge is 0.361 e. The van der Waals surface area contributed by atoms with Crippen molar-refractivity contribution < 1.29 is 0 Å². The van der Waals surface area contributed by atoms with Crippen LogP contribution in [0, 0.1) is 0 Å². The molecule has 3 rings (SSSR count). The second kappa shape index (κ2) is 1.56. The number of rotatable bonds is 0. The maximum Gasteiger partial charge on any atom is 0.0465 e. The van der Waals surface area contributed by atoms with Gasteiger partial charge in [-0.25, -0.2) is 0 Å². The van der Waals surface area contributed by atoms with Crippen molar-refractivity contribution in [3.8, 4) is 0 Å². The Morgan fingerprint density at radius 3 is 3.09 bits per heavy atom. The first kappa shape index (κ1) is 5.19. The average Bonchev–Trinajstić information content (AvgIpc) is 2.01. The molecule has 1 aromatic carbocycles. The van der Waals surface area contributed by atoms with Crippen LogP contribution in [0.1, 0.15) is 0 Å². The van der Waals surface area contributed by atoms with Gasteiger partial charge in [-0.2, -0.15) is 0 Å². The van der Waals surface area contributed by atoms with E-state index in [1.54, 1.807) is 0 Å². The first-order chi connectivity index (χ1) is 5.45. The van der Waals surface area contributed by atoms with Crippen LogP contribution < -0.4 is 15.8 Å². The quantitative estimate of drug-likeness (QED) is 0.557. The Hall–Kier alpha value is -1.50. The summed E-state index contributed by atoms with van der Waals surface area (Å²) in [5.74, 6) is 0. The predicted molar refractivity (Wildman–Crippen MR) is 46.3 cm³/mol. The molecule has 0 unspecified atom stereocenters. The van der Waals surface area contributed by atoms with Crippen LogP contribution in [-0.4, -0.2) is 0 Å². The zero-order valence-corrected chi connectivity index (χ0v) is 5.96. The van der Waals surface area contributed by atoms with Crippen molar-refractivity contribution in [1.82, 2.24) is 0 Å². The number of nitrogens with one attached hydrogen (secondary N) is 1. The van der Waals surface area contributed by atoms with E-state index >= 15 is 0 Å². The molecular weight excluding hydrogens is 134 g/mol. The number of hydrogen-bond donors (Lipinski definition) is 1. The highest BCUT2D eigenvalue weighted by Crippen LogP contribution is 2.12. The molecule has 1 heterocycles. The summed E-state index contributed by atoms with van der Waals surface area (Å²) in [5, 5.41) is 5.95. The SMILES string of the molecule is C1=CC2=c3c(cccc3=C2)N1. The van der Waals surface area contributed by atoms with Crippen LogP contribution in [0.25, 0.3) is 11.6 Å². The third-order valence-corrected chi connectivity index (χ3v) is 2.20. The monoisotopic (exact) mass is 141 g/mol. The summed E-state index contributed by atoms with van der Waals surface area (Å²) in [6.07, 6.45) is 6.29. The number of allylic oxidation sites excluding steroid dienone is 1. The van der Waals surface area contributed by atoms with Gasteiger partial charge in [0.25, 0.3) is 0 Å². The Morgan fingerprint density at radius 2 is 2.18 bits per heavy atom. The molecule has 0 amide bonds. The molecule has 0 bridgehead atoms. The highest BCUT2D eigenvalue weighted by Gasteiger charge is 2.08. The Balaban J connectivity index is 2.57. The zero-order chi connectivity index (χ0) is 7.26. The smallest absolute Gasteiger partial charge is 0.0465 e. The van der Waals surface area contributed by atoms with Crippen LogP contribution in [0.2, 0.25) is 0 Å². The summed E-state index contributed by atoms with van der Waals surface area (Å²) in [6, 6.07) is 6.33. The molecule has 0 spiro atoms. The fourth-order valence-corrected chi connectivity index (χ4v) is 1.65. The second-order valence-electron chi connectivity index (χ2n) is 2.85. The van der Waals surface area contributed by atoms with Crippen molar-refractivity contribution in [1.29, 1.82) is 0 Å². The minimum Gasteiger partial charge on any atom is -0.361 e. The van der Waals surface area contributed by atoms with E-state index < -0.39 is 0 Å². The molecule has 1 aliphatic heterocycles. The molecule has 1 heteroatoms. The van der Waals surface area contributed by atoms with E-state index in [1.807, 2.05) is 6.20 Å². The summed E-state index contributed by atoms with van der Waals surface area (Å²) >= 11 is 0. The molecule has 52 valence electrons. The number of hydrogen-bond acceptors (Lipinski definition) is 1. The molecule has 11 heavy (non-hydrogen) atoms. The van der Waals surface area contributed by atoms with Gasteiger partial charge in [0, 0.05) is 17.1 Å². The van der Waals surface area contributed by atoms with Gasteiger partial charge < -0.3 is 5.32 Å². The lowest BCUT2D eigenvalue weighted by Gasteiger charge is -2.15. The van der Waals surface area contributed by atoms with Crippen molar-refractivity contribution in [3.05, 3.63) is 40.9 Å². The standard InChI is InChI=1S/C10H7N/c1-2-7-6-8-4-5-11-9(3-1)10(7)8/h1-6,11H. The van der Waals surface area contributed by atoms with Crippen molar-refractivity contribution >= 4 is 17.3 Å². The Bertz CT molecular complexity index is 466. The normalized spacial score (nSPS) is 16.2. The molecule has 0 atom stereocenters. The molecule has 1 aromatic rings. The van der Waals surface area contributed by atoms with Crippen molar-refractivity contribution in [2.45, 2.75) is 0 Å². The fraction of sp³-hybridized carbons (Fsp3) is 0. The average molecular weight is 141 g/mol. The fourth-order valence-electron chi connectivity index (χ4n) is 1.65. The van der Waals surface area contributed by atoms with Gasteiger partial charge >= 0.3 is 0 Å². The lowest BCUT2D eigenvalue weighted by atomic mass is 9.97. The van der Waals surface area contributed by atoms with Crippen LogP contribution in [0.4, 0.5) is 5.69 Å². The van der Waals surface area contributed by atoms with Crippen LogP contribution in [-0.2, 0) is 0 Å². The maximum atomic E-state index is 3.21. The molecule has 1 N–H and O–H groups in total. The van der Waals surface area contributed by atoms with Gasteiger partial charge in [-0.05, 0) is 29.0 Å². The van der Waals surface area contributed by atoms with Crippen molar-refractivity contribution in [3.63, 3.8) is 0 Å². The molecule has 0 radical (unpaired) electrons. The molecule has 0 saturated carbocycles. The minimum atomic E-state index is 1.24. The molecule has 1 aliphatic carbocycles. The lowest BCUT2D eigenvalue weighted by Crippen LogP contribution is -2.37. The van der Waals surface area contributed by atoms with Crippen molar-refractivity contribution in [2.75, 3.05) is 5.32 Å². The van der Waals surface area contributed by atoms with E-state index in [-0.39, 0.29) is 0 Å². The highest BCUT2D eigenvalue weighted by atomic mass is 14.8. The van der Waals surface area contributed by atoms with Gasteiger partial charge in [-0.3, -0.25) is 0 Å². The van der Waals surface area contributed by atoms with Gasteiger partial charge in [0.2, 0.25) is 0 Å². The third kappa shape index (κ3) is 0.511. The number of benzene rings is 1. The molecule has 2 aliphatic rings. The first-order valence-corrected chi connectivity index (χ1v) is 3.73.